The van der Waals surface area contributed by atoms with Gasteiger partial charge in [0.05, 0.1) is 22.2 Å². The van der Waals surface area contributed by atoms with Gasteiger partial charge in [0, 0.05) is 38.2 Å². The van der Waals surface area contributed by atoms with E-state index in [0.717, 1.165) is 61.1 Å². The van der Waals surface area contributed by atoms with Crippen molar-refractivity contribution in [3.8, 4) is 50.3 Å². The SMILES string of the molecule is Cc1c(-c2ccc(-c3cccc4oc5ccc(-c6ccc7c(c6)c6ccccc6n7-c6ccccc6)cc5c34)cc2)nc2ccccc2c1-c1ccccc1. The fourth-order valence-electron chi connectivity index (χ4n) is 8.63. The molecular weight excluding hydrogens is 669 g/mol. The van der Waals surface area contributed by atoms with Gasteiger partial charge in [0.25, 0.3) is 0 Å². The monoisotopic (exact) mass is 702 g/mol. The van der Waals surface area contributed by atoms with Gasteiger partial charge >= 0.3 is 0 Å². The molecule has 0 atom stereocenters. The lowest BCUT2D eigenvalue weighted by Crippen LogP contribution is -1.95. The summed E-state index contributed by atoms with van der Waals surface area (Å²) in [5.41, 5.74) is 16.7. The van der Waals surface area contributed by atoms with Crippen molar-refractivity contribution in [3.05, 3.63) is 194 Å². The Labute approximate surface area is 318 Å². The molecule has 0 bridgehead atoms. The van der Waals surface area contributed by atoms with Gasteiger partial charge in [-0.1, -0.05) is 133 Å². The summed E-state index contributed by atoms with van der Waals surface area (Å²) in [4.78, 5) is 5.19. The first-order valence-electron chi connectivity index (χ1n) is 18.8. The number of aromatic nitrogens is 2. The summed E-state index contributed by atoms with van der Waals surface area (Å²) in [6, 6.07) is 67.1. The number of hydrogen-bond acceptors (Lipinski definition) is 2. The zero-order valence-corrected chi connectivity index (χ0v) is 30.2. The number of para-hydroxylation sites is 3. The molecule has 3 nitrogen and oxygen atoms in total. The Balaban J connectivity index is 1.02. The highest BCUT2D eigenvalue weighted by atomic mass is 16.3. The van der Waals surface area contributed by atoms with E-state index in [1.54, 1.807) is 0 Å². The molecule has 0 saturated heterocycles. The van der Waals surface area contributed by atoms with Crippen LogP contribution in [-0.4, -0.2) is 9.55 Å². The van der Waals surface area contributed by atoms with E-state index >= 15 is 0 Å². The van der Waals surface area contributed by atoms with Crippen LogP contribution in [0.15, 0.2) is 192 Å². The van der Waals surface area contributed by atoms with Crippen LogP contribution in [0.3, 0.4) is 0 Å². The number of fused-ring (bicyclic) bond motifs is 7. The van der Waals surface area contributed by atoms with Gasteiger partial charge < -0.3 is 8.98 Å². The predicted molar refractivity (Wildman–Crippen MR) is 230 cm³/mol. The van der Waals surface area contributed by atoms with Crippen molar-refractivity contribution in [2.24, 2.45) is 0 Å². The van der Waals surface area contributed by atoms with Crippen LogP contribution in [0.25, 0.3) is 105 Å². The zero-order valence-electron chi connectivity index (χ0n) is 30.2. The van der Waals surface area contributed by atoms with Crippen LogP contribution < -0.4 is 0 Å². The summed E-state index contributed by atoms with van der Waals surface area (Å²) in [6.07, 6.45) is 0. The molecule has 11 rings (SSSR count). The first-order chi connectivity index (χ1) is 27.2. The Bertz CT molecular complexity index is 3240. The van der Waals surface area contributed by atoms with E-state index in [1.807, 2.05) is 0 Å². The van der Waals surface area contributed by atoms with Gasteiger partial charge in [-0.3, -0.25) is 0 Å². The van der Waals surface area contributed by atoms with Crippen molar-refractivity contribution in [2.75, 3.05) is 0 Å². The average Bonchev–Trinajstić information content (AvgIpc) is 3.79. The van der Waals surface area contributed by atoms with Crippen molar-refractivity contribution in [1.29, 1.82) is 0 Å². The van der Waals surface area contributed by atoms with E-state index in [2.05, 4.69) is 200 Å². The van der Waals surface area contributed by atoms with E-state index in [-0.39, 0.29) is 0 Å². The molecule has 3 aromatic heterocycles. The maximum absolute atomic E-state index is 6.48. The van der Waals surface area contributed by atoms with Crippen LogP contribution in [0.4, 0.5) is 0 Å². The molecule has 0 aliphatic rings. The second-order valence-electron chi connectivity index (χ2n) is 14.3. The molecule has 258 valence electrons. The summed E-state index contributed by atoms with van der Waals surface area (Å²) in [5, 5.41) is 5.89. The van der Waals surface area contributed by atoms with Crippen LogP contribution in [0.1, 0.15) is 5.56 Å². The third-order valence-electron chi connectivity index (χ3n) is 11.2. The van der Waals surface area contributed by atoms with Gasteiger partial charge in [-0.25, -0.2) is 4.98 Å². The molecule has 11 aromatic rings. The number of hydrogen-bond donors (Lipinski definition) is 0. The van der Waals surface area contributed by atoms with Crippen molar-refractivity contribution in [3.63, 3.8) is 0 Å². The lowest BCUT2D eigenvalue weighted by molar-refractivity contribution is 0.669. The second kappa shape index (κ2) is 12.4. The van der Waals surface area contributed by atoms with Gasteiger partial charge in [-0.15, -0.1) is 0 Å². The molecule has 0 spiro atoms. The number of furan rings is 1. The standard InChI is InChI=1S/C52H34N2O/c1-33-50(35-13-4-2-5-14-35)42-18-8-10-20-45(42)53-52(33)36-25-23-34(24-26-36)40-19-12-22-49-51(40)44-32-38(28-30-48(44)55-49)37-27-29-47-43(31-37)41-17-9-11-21-46(41)54(47)39-15-6-3-7-16-39/h2-32H,1H3. The summed E-state index contributed by atoms with van der Waals surface area (Å²) >= 11 is 0. The van der Waals surface area contributed by atoms with Crippen LogP contribution in [0.5, 0.6) is 0 Å². The summed E-state index contributed by atoms with van der Waals surface area (Å²) in [6.45, 7) is 2.19. The Hall–Kier alpha value is -7.23. The zero-order chi connectivity index (χ0) is 36.5. The molecule has 0 N–H and O–H groups in total. The number of benzene rings is 8. The molecule has 0 saturated carbocycles. The highest BCUT2D eigenvalue weighted by Crippen LogP contribution is 2.41. The predicted octanol–water partition coefficient (Wildman–Crippen LogP) is 14.2. The summed E-state index contributed by atoms with van der Waals surface area (Å²) in [5.74, 6) is 0. The van der Waals surface area contributed by atoms with Gasteiger partial charge in [-0.2, -0.15) is 0 Å². The maximum Gasteiger partial charge on any atom is 0.136 e. The summed E-state index contributed by atoms with van der Waals surface area (Å²) in [7, 11) is 0. The molecule has 8 aromatic carbocycles. The molecule has 0 aliphatic carbocycles. The van der Waals surface area contributed by atoms with E-state index in [9.17, 15) is 0 Å². The van der Waals surface area contributed by atoms with Crippen LogP contribution in [0.2, 0.25) is 0 Å². The minimum Gasteiger partial charge on any atom is -0.456 e. The quantitative estimate of drug-likeness (QED) is 0.179. The Morgan fingerprint density at radius 1 is 0.436 bits per heavy atom. The van der Waals surface area contributed by atoms with E-state index in [0.29, 0.717) is 0 Å². The molecule has 3 heterocycles. The van der Waals surface area contributed by atoms with Gasteiger partial charge in [0.2, 0.25) is 0 Å². The third kappa shape index (κ3) is 5.01. The van der Waals surface area contributed by atoms with Crippen molar-refractivity contribution in [2.45, 2.75) is 6.92 Å². The molecule has 3 heteroatoms. The van der Waals surface area contributed by atoms with Gasteiger partial charge in [-0.05, 0) is 100 Å². The fourth-order valence-corrected chi connectivity index (χ4v) is 8.63. The second-order valence-corrected chi connectivity index (χ2v) is 14.3. The third-order valence-corrected chi connectivity index (χ3v) is 11.2. The Kier molecular flexibility index (Phi) is 7.08. The van der Waals surface area contributed by atoms with E-state index < -0.39 is 0 Å². The Morgan fingerprint density at radius 3 is 1.89 bits per heavy atom. The number of rotatable bonds is 5. The van der Waals surface area contributed by atoms with E-state index in [4.69, 9.17) is 9.40 Å². The van der Waals surface area contributed by atoms with Crippen molar-refractivity contribution < 1.29 is 4.42 Å². The van der Waals surface area contributed by atoms with E-state index in [1.165, 1.54) is 49.4 Å². The number of pyridine rings is 1. The summed E-state index contributed by atoms with van der Waals surface area (Å²) < 4.78 is 8.84. The largest absolute Gasteiger partial charge is 0.456 e. The molecule has 0 unspecified atom stereocenters. The lowest BCUT2D eigenvalue weighted by atomic mass is 9.92. The fraction of sp³-hybridized carbons (Fsp3) is 0.0192. The molecule has 0 radical (unpaired) electrons. The average molecular weight is 703 g/mol. The topological polar surface area (TPSA) is 31.0 Å². The minimum atomic E-state index is 0.883. The van der Waals surface area contributed by atoms with Crippen LogP contribution >= 0.6 is 0 Å². The van der Waals surface area contributed by atoms with Crippen LogP contribution in [0, 0.1) is 6.92 Å². The van der Waals surface area contributed by atoms with Crippen molar-refractivity contribution in [1.82, 2.24) is 9.55 Å². The van der Waals surface area contributed by atoms with Gasteiger partial charge in [0.15, 0.2) is 0 Å². The molecular formula is C52H34N2O. The highest BCUT2D eigenvalue weighted by Gasteiger charge is 2.18. The number of nitrogens with zero attached hydrogens (tertiary/aromatic N) is 2. The molecule has 0 fully saturated rings. The molecule has 55 heavy (non-hydrogen) atoms. The molecule has 0 amide bonds. The van der Waals surface area contributed by atoms with Crippen LogP contribution in [-0.2, 0) is 0 Å². The lowest BCUT2D eigenvalue weighted by Gasteiger charge is -2.15. The first kappa shape index (κ1) is 31.3. The highest BCUT2D eigenvalue weighted by molar-refractivity contribution is 6.14. The molecule has 0 aliphatic heterocycles. The Morgan fingerprint density at radius 2 is 1.07 bits per heavy atom. The minimum absolute atomic E-state index is 0.883. The maximum atomic E-state index is 6.48. The van der Waals surface area contributed by atoms with Crippen molar-refractivity contribution >= 4 is 54.6 Å². The van der Waals surface area contributed by atoms with Gasteiger partial charge in [0.1, 0.15) is 11.2 Å². The smallest absolute Gasteiger partial charge is 0.136 e. The normalized spacial score (nSPS) is 11.7. The first-order valence-corrected chi connectivity index (χ1v) is 18.8.